The molecule has 0 fully saturated rings. The summed E-state index contributed by atoms with van der Waals surface area (Å²) in [6.07, 6.45) is -8.04. The lowest BCUT2D eigenvalue weighted by Crippen LogP contribution is -2.28. The van der Waals surface area contributed by atoms with Gasteiger partial charge in [-0.25, -0.2) is 4.98 Å². The molecular weight excluding hydrogens is 482 g/mol. The Balaban J connectivity index is 0.00000324. The summed E-state index contributed by atoms with van der Waals surface area (Å²) in [6.45, 7) is 1.47. The molecule has 0 aliphatic carbocycles. The zero-order valence-corrected chi connectivity index (χ0v) is 18.6. The lowest BCUT2D eigenvalue weighted by Gasteiger charge is -2.21. The number of pyridine rings is 1. The number of benzene rings is 2. The molecular formula is C24H21ClF6N2O. The van der Waals surface area contributed by atoms with E-state index >= 15 is 0 Å². The van der Waals surface area contributed by atoms with Crippen LogP contribution in [0.5, 0.6) is 5.88 Å². The number of nitrogens with zero attached hydrogens (tertiary/aromatic N) is 2. The van der Waals surface area contributed by atoms with Gasteiger partial charge in [0.1, 0.15) is 6.61 Å². The van der Waals surface area contributed by atoms with Gasteiger partial charge in [-0.15, -0.1) is 12.4 Å². The van der Waals surface area contributed by atoms with E-state index in [2.05, 4.69) is 4.98 Å². The first-order valence-corrected chi connectivity index (χ1v) is 10.3. The second kappa shape index (κ2) is 10.2. The first-order valence-electron chi connectivity index (χ1n) is 10.3. The maximum atomic E-state index is 13.2. The van der Waals surface area contributed by atoms with Crippen LogP contribution in [0.2, 0.25) is 0 Å². The number of ether oxygens (including phenoxy) is 1. The van der Waals surface area contributed by atoms with Crippen LogP contribution in [0.4, 0.5) is 26.3 Å². The molecule has 0 saturated carbocycles. The van der Waals surface area contributed by atoms with E-state index in [-0.39, 0.29) is 37.0 Å². The molecule has 10 heteroatoms. The van der Waals surface area contributed by atoms with Gasteiger partial charge in [0, 0.05) is 31.4 Å². The maximum absolute atomic E-state index is 13.2. The van der Waals surface area contributed by atoms with Crippen molar-refractivity contribution >= 4 is 12.4 Å². The first kappa shape index (κ1) is 25.8. The monoisotopic (exact) mass is 502 g/mol. The Labute approximate surface area is 198 Å². The molecule has 2 heterocycles. The van der Waals surface area contributed by atoms with Gasteiger partial charge in [0.25, 0.3) is 0 Å². The minimum atomic E-state index is -4.86. The van der Waals surface area contributed by atoms with Crippen LogP contribution in [0.3, 0.4) is 0 Å². The molecule has 0 bridgehead atoms. The highest BCUT2D eigenvalue weighted by Crippen LogP contribution is 2.37. The van der Waals surface area contributed by atoms with Crippen molar-refractivity contribution in [2.45, 2.75) is 25.3 Å². The molecule has 2 aromatic carbocycles. The summed E-state index contributed by atoms with van der Waals surface area (Å²) in [7, 11) is 0. The normalized spacial score (nSPS) is 14.5. The molecule has 0 unspecified atom stereocenters. The quantitative estimate of drug-likeness (QED) is 0.374. The van der Waals surface area contributed by atoms with Crippen LogP contribution >= 0.6 is 12.4 Å². The molecule has 182 valence electrons. The van der Waals surface area contributed by atoms with Crippen molar-refractivity contribution in [1.29, 1.82) is 0 Å². The number of alkyl halides is 6. The summed E-state index contributed by atoms with van der Waals surface area (Å²) < 4.78 is 84.7. The maximum Gasteiger partial charge on any atom is 0.416 e. The lowest BCUT2D eigenvalue weighted by molar-refractivity contribution is -0.143. The highest BCUT2D eigenvalue weighted by Gasteiger charge is 2.36. The minimum Gasteiger partial charge on any atom is -0.476 e. The van der Waals surface area contributed by atoms with Crippen LogP contribution in [0, 0.1) is 0 Å². The van der Waals surface area contributed by atoms with Crippen molar-refractivity contribution in [1.82, 2.24) is 9.88 Å². The van der Waals surface area contributed by atoms with Crippen LogP contribution < -0.4 is 4.74 Å². The third kappa shape index (κ3) is 6.01. The summed E-state index contributed by atoms with van der Waals surface area (Å²) in [5.41, 5.74) is 0.110. The highest BCUT2D eigenvalue weighted by atomic mass is 35.5. The van der Waals surface area contributed by atoms with Gasteiger partial charge in [0.2, 0.25) is 5.88 Å². The predicted octanol–water partition coefficient (Wildman–Crippen LogP) is 6.65. The molecule has 1 aliphatic rings. The minimum absolute atomic E-state index is 0. The molecule has 34 heavy (non-hydrogen) atoms. The molecule has 1 aromatic heterocycles. The standard InChI is InChI=1S/C24H20F6N2O.ClH/c25-23(26,27)18-12-16(13-19(14-18)24(28,29)30)7-9-32-10-11-33-22-21(15-32)20(6-8-31-22)17-4-2-1-3-5-17;/h1-6,8,12-14H,7,9-11,15H2;1H. The van der Waals surface area contributed by atoms with Crippen molar-refractivity contribution in [3.63, 3.8) is 0 Å². The Hall–Kier alpha value is -2.78. The van der Waals surface area contributed by atoms with Crippen LogP contribution in [0.1, 0.15) is 22.3 Å². The topological polar surface area (TPSA) is 25.4 Å². The molecule has 3 aromatic rings. The highest BCUT2D eigenvalue weighted by molar-refractivity contribution is 5.85. The van der Waals surface area contributed by atoms with E-state index in [0.29, 0.717) is 25.6 Å². The molecule has 0 radical (unpaired) electrons. The van der Waals surface area contributed by atoms with Gasteiger partial charge >= 0.3 is 12.4 Å². The Kier molecular flexibility index (Phi) is 7.77. The molecule has 4 rings (SSSR count). The molecule has 0 atom stereocenters. The van der Waals surface area contributed by atoms with Crippen molar-refractivity contribution in [3.8, 4) is 17.0 Å². The fourth-order valence-electron chi connectivity index (χ4n) is 3.85. The SMILES string of the molecule is Cl.FC(F)(F)c1cc(CCN2CCOc3nccc(-c4ccccc4)c3C2)cc(C(F)(F)F)c1. The van der Waals surface area contributed by atoms with Gasteiger partial charge in [-0.1, -0.05) is 30.3 Å². The molecule has 0 N–H and O–H groups in total. The first-order chi connectivity index (χ1) is 15.6. The average Bonchev–Trinajstić information content (AvgIpc) is 2.99. The predicted molar refractivity (Wildman–Crippen MR) is 118 cm³/mol. The molecule has 0 saturated heterocycles. The van der Waals surface area contributed by atoms with Crippen molar-refractivity contribution in [3.05, 3.63) is 83.0 Å². The van der Waals surface area contributed by atoms with Gasteiger partial charge in [-0.05, 0) is 47.4 Å². The molecule has 3 nitrogen and oxygen atoms in total. The van der Waals surface area contributed by atoms with Crippen LogP contribution in [0.25, 0.3) is 11.1 Å². The third-order valence-corrected chi connectivity index (χ3v) is 5.49. The van der Waals surface area contributed by atoms with Crippen molar-refractivity contribution in [2.75, 3.05) is 19.7 Å². The van der Waals surface area contributed by atoms with E-state index in [9.17, 15) is 26.3 Å². The lowest BCUT2D eigenvalue weighted by atomic mass is 10.0. The number of hydrogen-bond acceptors (Lipinski definition) is 3. The second-order valence-electron chi connectivity index (χ2n) is 7.80. The summed E-state index contributed by atoms with van der Waals surface area (Å²) in [4.78, 5) is 6.25. The summed E-state index contributed by atoms with van der Waals surface area (Å²) >= 11 is 0. The Morgan fingerprint density at radius 3 is 2.15 bits per heavy atom. The van der Waals surface area contributed by atoms with Crippen molar-refractivity contribution < 1.29 is 31.1 Å². The fraction of sp³-hybridized carbons (Fsp3) is 0.292. The van der Waals surface area contributed by atoms with E-state index in [0.717, 1.165) is 28.8 Å². The largest absolute Gasteiger partial charge is 0.476 e. The molecule has 1 aliphatic heterocycles. The van der Waals surface area contributed by atoms with Crippen molar-refractivity contribution in [2.24, 2.45) is 0 Å². The second-order valence-corrected chi connectivity index (χ2v) is 7.80. The number of halogens is 7. The van der Waals surface area contributed by atoms with Crippen LogP contribution in [0.15, 0.2) is 60.8 Å². The number of hydrogen-bond donors (Lipinski definition) is 0. The van der Waals surface area contributed by atoms with Gasteiger partial charge < -0.3 is 4.74 Å². The Morgan fingerprint density at radius 1 is 0.882 bits per heavy atom. The van der Waals surface area contributed by atoms with Crippen LogP contribution in [-0.2, 0) is 25.3 Å². The fourth-order valence-corrected chi connectivity index (χ4v) is 3.85. The molecule has 0 amide bonds. The van der Waals surface area contributed by atoms with Crippen LogP contribution in [-0.4, -0.2) is 29.6 Å². The summed E-state index contributed by atoms with van der Waals surface area (Å²) in [6, 6.07) is 13.2. The van der Waals surface area contributed by atoms with Gasteiger partial charge in [-0.2, -0.15) is 26.3 Å². The van der Waals surface area contributed by atoms with E-state index in [1.807, 2.05) is 41.3 Å². The number of rotatable bonds is 4. The summed E-state index contributed by atoms with van der Waals surface area (Å²) in [5, 5.41) is 0. The van der Waals surface area contributed by atoms with Gasteiger partial charge in [0.05, 0.1) is 11.1 Å². The molecule has 0 spiro atoms. The Bertz CT molecular complexity index is 1090. The smallest absolute Gasteiger partial charge is 0.416 e. The van der Waals surface area contributed by atoms with E-state index in [1.165, 1.54) is 0 Å². The third-order valence-electron chi connectivity index (χ3n) is 5.49. The number of aromatic nitrogens is 1. The average molecular weight is 503 g/mol. The van der Waals surface area contributed by atoms with Gasteiger partial charge in [0.15, 0.2) is 0 Å². The summed E-state index contributed by atoms with van der Waals surface area (Å²) in [5.74, 6) is 0.484. The zero-order valence-electron chi connectivity index (χ0n) is 17.8. The van der Waals surface area contributed by atoms with E-state index in [1.54, 1.807) is 6.20 Å². The number of fused-ring (bicyclic) bond motifs is 1. The zero-order chi connectivity index (χ0) is 23.6. The Morgan fingerprint density at radius 2 is 1.53 bits per heavy atom. The van der Waals surface area contributed by atoms with E-state index < -0.39 is 23.5 Å². The van der Waals surface area contributed by atoms with Gasteiger partial charge in [-0.3, -0.25) is 4.90 Å². The van der Waals surface area contributed by atoms with E-state index in [4.69, 9.17) is 4.74 Å².